The van der Waals surface area contributed by atoms with Crippen molar-refractivity contribution >= 4 is 12.2 Å². The van der Waals surface area contributed by atoms with Crippen LogP contribution < -0.4 is 10.1 Å². The molecule has 0 aliphatic rings. The second-order valence-electron chi connectivity index (χ2n) is 3.24. The van der Waals surface area contributed by atoms with E-state index in [0.29, 0.717) is 30.9 Å². The maximum absolute atomic E-state index is 11.1. The van der Waals surface area contributed by atoms with Crippen molar-refractivity contribution in [1.29, 1.82) is 0 Å². The van der Waals surface area contributed by atoms with E-state index in [2.05, 4.69) is 5.32 Å². The van der Waals surface area contributed by atoms with E-state index < -0.39 is 0 Å². The summed E-state index contributed by atoms with van der Waals surface area (Å²) >= 11 is 0. The van der Waals surface area contributed by atoms with Crippen molar-refractivity contribution in [2.45, 2.75) is 13.3 Å². The highest BCUT2D eigenvalue weighted by atomic mass is 16.5. The van der Waals surface area contributed by atoms with Gasteiger partial charge >= 0.3 is 0 Å². The van der Waals surface area contributed by atoms with Crippen molar-refractivity contribution in [3.8, 4) is 5.75 Å². The standard InChI is InChI=1S/C12H15NO3/c1-2-13-12(15)6-7-16-11-5-3-4-10(8-11)9-14/h3-5,8-9H,2,6-7H2,1H3,(H,13,15). The second-order valence-corrected chi connectivity index (χ2v) is 3.24. The van der Waals surface area contributed by atoms with Gasteiger partial charge < -0.3 is 10.1 Å². The van der Waals surface area contributed by atoms with Crippen LogP contribution in [0.3, 0.4) is 0 Å². The molecule has 1 rings (SSSR count). The summed E-state index contributed by atoms with van der Waals surface area (Å²) in [6, 6.07) is 6.84. The monoisotopic (exact) mass is 221 g/mol. The molecule has 0 aliphatic heterocycles. The van der Waals surface area contributed by atoms with Crippen LogP contribution in [0.25, 0.3) is 0 Å². The lowest BCUT2D eigenvalue weighted by atomic mass is 10.2. The Hall–Kier alpha value is -1.84. The molecule has 4 nitrogen and oxygen atoms in total. The Kier molecular flexibility index (Phi) is 5.05. The molecule has 0 saturated carbocycles. The van der Waals surface area contributed by atoms with Crippen LogP contribution in [0.15, 0.2) is 24.3 Å². The van der Waals surface area contributed by atoms with Gasteiger partial charge in [0.1, 0.15) is 12.0 Å². The summed E-state index contributed by atoms with van der Waals surface area (Å²) in [7, 11) is 0. The highest BCUT2D eigenvalue weighted by molar-refractivity contribution is 5.76. The van der Waals surface area contributed by atoms with Gasteiger partial charge in [0, 0.05) is 12.1 Å². The number of carbonyl (C=O) groups is 2. The SMILES string of the molecule is CCNC(=O)CCOc1cccc(C=O)c1. The van der Waals surface area contributed by atoms with Gasteiger partial charge in [0.25, 0.3) is 0 Å². The fraction of sp³-hybridized carbons (Fsp3) is 0.333. The summed E-state index contributed by atoms with van der Waals surface area (Å²) in [6.45, 7) is 2.81. The molecule has 86 valence electrons. The minimum atomic E-state index is -0.0333. The fourth-order valence-corrected chi connectivity index (χ4v) is 1.22. The van der Waals surface area contributed by atoms with Crippen LogP contribution in [-0.2, 0) is 4.79 Å². The van der Waals surface area contributed by atoms with Crippen LogP contribution in [-0.4, -0.2) is 25.3 Å². The van der Waals surface area contributed by atoms with Crippen LogP contribution in [0.5, 0.6) is 5.75 Å². The number of rotatable bonds is 6. The molecule has 1 aromatic rings. The smallest absolute Gasteiger partial charge is 0.223 e. The zero-order valence-electron chi connectivity index (χ0n) is 9.23. The van der Waals surface area contributed by atoms with Crippen LogP contribution in [0.2, 0.25) is 0 Å². The average Bonchev–Trinajstić information content (AvgIpc) is 2.30. The molecule has 0 radical (unpaired) electrons. The predicted molar refractivity (Wildman–Crippen MR) is 60.6 cm³/mol. The highest BCUT2D eigenvalue weighted by Gasteiger charge is 2.00. The van der Waals surface area contributed by atoms with Gasteiger partial charge in [-0.05, 0) is 19.1 Å². The quantitative estimate of drug-likeness (QED) is 0.739. The molecule has 0 aliphatic carbocycles. The third-order valence-electron chi connectivity index (χ3n) is 1.97. The van der Waals surface area contributed by atoms with Crippen LogP contribution in [0.1, 0.15) is 23.7 Å². The zero-order valence-corrected chi connectivity index (χ0v) is 9.23. The normalized spacial score (nSPS) is 9.56. The van der Waals surface area contributed by atoms with E-state index in [1.165, 1.54) is 0 Å². The number of benzene rings is 1. The lowest BCUT2D eigenvalue weighted by Gasteiger charge is -2.06. The first-order valence-electron chi connectivity index (χ1n) is 5.21. The minimum absolute atomic E-state index is 0.0333. The summed E-state index contributed by atoms with van der Waals surface area (Å²) in [5.74, 6) is 0.572. The van der Waals surface area contributed by atoms with Crippen molar-refractivity contribution in [2.24, 2.45) is 0 Å². The van der Waals surface area contributed by atoms with E-state index in [4.69, 9.17) is 4.74 Å². The molecule has 0 aromatic heterocycles. The topological polar surface area (TPSA) is 55.4 Å². The number of amides is 1. The fourth-order valence-electron chi connectivity index (χ4n) is 1.22. The Balaban J connectivity index is 2.36. The number of carbonyl (C=O) groups excluding carboxylic acids is 2. The zero-order chi connectivity index (χ0) is 11.8. The first-order chi connectivity index (χ1) is 7.76. The molecule has 0 atom stereocenters. The van der Waals surface area contributed by atoms with E-state index in [1.807, 2.05) is 6.92 Å². The van der Waals surface area contributed by atoms with Gasteiger partial charge in [0.05, 0.1) is 13.0 Å². The highest BCUT2D eigenvalue weighted by Crippen LogP contribution is 2.11. The summed E-state index contributed by atoms with van der Waals surface area (Å²) in [5.41, 5.74) is 0.565. The van der Waals surface area contributed by atoms with Crippen molar-refractivity contribution in [1.82, 2.24) is 5.32 Å². The van der Waals surface area contributed by atoms with E-state index in [-0.39, 0.29) is 5.91 Å². The first-order valence-corrected chi connectivity index (χ1v) is 5.21. The Bertz CT molecular complexity index is 363. The Labute approximate surface area is 94.6 Å². The largest absolute Gasteiger partial charge is 0.493 e. The lowest BCUT2D eigenvalue weighted by molar-refractivity contribution is -0.121. The van der Waals surface area contributed by atoms with Gasteiger partial charge in [-0.1, -0.05) is 12.1 Å². The predicted octanol–water partition coefficient (Wildman–Crippen LogP) is 1.40. The molecule has 1 N–H and O–H groups in total. The number of aldehydes is 1. The Morgan fingerprint density at radius 3 is 3.00 bits per heavy atom. The van der Waals surface area contributed by atoms with Gasteiger partial charge in [0.15, 0.2) is 0 Å². The van der Waals surface area contributed by atoms with Gasteiger partial charge in [-0.25, -0.2) is 0 Å². The molecular formula is C12H15NO3. The van der Waals surface area contributed by atoms with Gasteiger partial charge in [-0.15, -0.1) is 0 Å². The van der Waals surface area contributed by atoms with E-state index in [0.717, 1.165) is 6.29 Å². The molecule has 4 heteroatoms. The van der Waals surface area contributed by atoms with Crippen molar-refractivity contribution in [2.75, 3.05) is 13.2 Å². The molecule has 0 bridgehead atoms. The van der Waals surface area contributed by atoms with Crippen molar-refractivity contribution in [3.05, 3.63) is 29.8 Å². The van der Waals surface area contributed by atoms with Gasteiger partial charge in [-0.2, -0.15) is 0 Å². The molecular weight excluding hydrogens is 206 g/mol. The molecule has 0 heterocycles. The Morgan fingerprint density at radius 1 is 1.50 bits per heavy atom. The van der Waals surface area contributed by atoms with Gasteiger partial charge in [-0.3, -0.25) is 9.59 Å². The van der Waals surface area contributed by atoms with Crippen LogP contribution in [0.4, 0.5) is 0 Å². The summed E-state index contributed by atoms with van der Waals surface area (Å²) < 4.78 is 5.35. The van der Waals surface area contributed by atoms with Crippen LogP contribution in [0, 0.1) is 0 Å². The number of hydrogen-bond donors (Lipinski definition) is 1. The molecule has 0 unspecified atom stereocenters. The molecule has 16 heavy (non-hydrogen) atoms. The van der Waals surface area contributed by atoms with Crippen molar-refractivity contribution < 1.29 is 14.3 Å². The number of hydrogen-bond acceptors (Lipinski definition) is 3. The third kappa shape index (κ3) is 4.13. The maximum atomic E-state index is 11.1. The van der Waals surface area contributed by atoms with Gasteiger partial charge in [0.2, 0.25) is 5.91 Å². The van der Waals surface area contributed by atoms with Crippen molar-refractivity contribution in [3.63, 3.8) is 0 Å². The minimum Gasteiger partial charge on any atom is -0.493 e. The van der Waals surface area contributed by atoms with E-state index in [9.17, 15) is 9.59 Å². The van der Waals surface area contributed by atoms with E-state index >= 15 is 0 Å². The molecule has 0 spiro atoms. The molecule has 1 aromatic carbocycles. The van der Waals surface area contributed by atoms with Crippen LogP contribution >= 0.6 is 0 Å². The maximum Gasteiger partial charge on any atom is 0.223 e. The summed E-state index contributed by atoms with van der Waals surface area (Å²) in [5, 5.41) is 2.68. The third-order valence-corrected chi connectivity index (χ3v) is 1.97. The summed E-state index contributed by atoms with van der Waals surface area (Å²) in [6.07, 6.45) is 1.08. The molecule has 0 saturated heterocycles. The van der Waals surface area contributed by atoms with E-state index in [1.54, 1.807) is 24.3 Å². The molecule has 1 amide bonds. The summed E-state index contributed by atoms with van der Waals surface area (Å²) in [4.78, 5) is 21.6. The number of ether oxygens (including phenoxy) is 1. The molecule has 0 fully saturated rings. The Morgan fingerprint density at radius 2 is 2.31 bits per heavy atom. The first kappa shape index (κ1) is 12.2. The average molecular weight is 221 g/mol. The number of nitrogens with one attached hydrogen (secondary N) is 1. The lowest BCUT2D eigenvalue weighted by Crippen LogP contribution is -2.24. The second kappa shape index (κ2) is 6.61.